The van der Waals surface area contributed by atoms with Gasteiger partial charge in [-0.05, 0) is 50.5 Å². The van der Waals surface area contributed by atoms with Gasteiger partial charge in [0.1, 0.15) is 0 Å². The van der Waals surface area contributed by atoms with Crippen LogP contribution in [0, 0.1) is 0 Å². The Labute approximate surface area is 114 Å². The lowest BCUT2D eigenvalue weighted by Crippen LogP contribution is -2.58. The van der Waals surface area contributed by atoms with Crippen LogP contribution in [0.4, 0.5) is 0 Å². The summed E-state index contributed by atoms with van der Waals surface area (Å²) in [7, 11) is 0. The fraction of sp³-hybridized carbons (Fsp3) is 0.733. The number of hydrogen-bond donors (Lipinski definition) is 1. The molecule has 0 aliphatic carbocycles. The van der Waals surface area contributed by atoms with Crippen molar-refractivity contribution in [1.29, 1.82) is 0 Å². The van der Waals surface area contributed by atoms with Gasteiger partial charge in [0.15, 0.2) is 0 Å². The highest BCUT2D eigenvalue weighted by Crippen LogP contribution is 2.35. The molecule has 2 bridgehead atoms. The zero-order valence-corrected chi connectivity index (χ0v) is 12.0. The Morgan fingerprint density at radius 2 is 2.11 bits per heavy atom. The van der Waals surface area contributed by atoms with E-state index in [-0.39, 0.29) is 0 Å². The molecule has 2 fully saturated rings. The number of piperidine rings is 2. The molecule has 2 saturated heterocycles. The van der Waals surface area contributed by atoms with Crippen molar-refractivity contribution in [3.8, 4) is 0 Å². The van der Waals surface area contributed by atoms with E-state index in [1.54, 1.807) is 0 Å². The molecule has 1 aromatic rings. The first kappa shape index (κ1) is 12.6. The van der Waals surface area contributed by atoms with Crippen molar-refractivity contribution >= 4 is 11.3 Å². The third kappa shape index (κ3) is 2.49. The van der Waals surface area contributed by atoms with Crippen molar-refractivity contribution in [2.75, 3.05) is 0 Å². The molecule has 2 aliphatic heterocycles. The van der Waals surface area contributed by atoms with Crippen molar-refractivity contribution < 1.29 is 0 Å². The molecule has 18 heavy (non-hydrogen) atoms. The zero-order chi connectivity index (χ0) is 12.5. The Morgan fingerprint density at radius 3 is 2.72 bits per heavy atom. The molecule has 3 unspecified atom stereocenters. The van der Waals surface area contributed by atoms with E-state index in [1.165, 1.54) is 43.4 Å². The van der Waals surface area contributed by atoms with Gasteiger partial charge in [-0.2, -0.15) is 0 Å². The standard InChI is InChI=1S/C15H24N2S/c1-11(8-15-6-3-7-18-15)17-13-4-2-5-14(17)10-12(16)9-13/h3,6-7,11-14H,2,4-5,8-10,16H2,1H3. The van der Waals surface area contributed by atoms with Gasteiger partial charge in [-0.1, -0.05) is 12.5 Å². The van der Waals surface area contributed by atoms with E-state index in [1.807, 2.05) is 11.3 Å². The van der Waals surface area contributed by atoms with Crippen LogP contribution in [0.2, 0.25) is 0 Å². The summed E-state index contributed by atoms with van der Waals surface area (Å²) in [5.74, 6) is 0. The highest BCUT2D eigenvalue weighted by atomic mass is 32.1. The summed E-state index contributed by atoms with van der Waals surface area (Å²) in [6.07, 6.45) is 7.76. The molecule has 2 nitrogen and oxygen atoms in total. The largest absolute Gasteiger partial charge is 0.328 e. The molecule has 3 rings (SSSR count). The van der Waals surface area contributed by atoms with Gasteiger partial charge < -0.3 is 5.73 Å². The van der Waals surface area contributed by atoms with Gasteiger partial charge in [0.25, 0.3) is 0 Å². The highest BCUT2D eigenvalue weighted by molar-refractivity contribution is 7.09. The summed E-state index contributed by atoms with van der Waals surface area (Å²) >= 11 is 1.89. The van der Waals surface area contributed by atoms with E-state index in [9.17, 15) is 0 Å². The predicted octanol–water partition coefficient (Wildman–Crippen LogP) is 3.02. The lowest BCUT2D eigenvalue weighted by atomic mass is 9.81. The number of hydrogen-bond acceptors (Lipinski definition) is 3. The molecule has 0 radical (unpaired) electrons. The van der Waals surface area contributed by atoms with Crippen LogP contribution in [0.5, 0.6) is 0 Å². The zero-order valence-electron chi connectivity index (χ0n) is 11.2. The van der Waals surface area contributed by atoms with Gasteiger partial charge in [-0.3, -0.25) is 4.90 Å². The van der Waals surface area contributed by atoms with Crippen LogP contribution in [0.3, 0.4) is 0 Å². The number of nitrogens with two attached hydrogens (primary N) is 1. The van der Waals surface area contributed by atoms with Crippen molar-refractivity contribution in [1.82, 2.24) is 4.90 Å². The Morgan fingerprint density at radius 1 is 1.39 bits per heavy atom. The van der Waals surface area contributed by atoms with Crippen molar-refractivity contribution in [3.63, 3.8) is 0 Å². The van der Waals surface area contributed by atoms with Crippen molar-refractivity contribution in [2.45, 2.75) is 69.6 Å². The summed E-state index contributed by atoms with van der Waals surface area (Å²) < 4.78 is 0. The molecule has 2 N–H and O–H groups in total. The second kappa shape index (κ2) is 5.32. The fourth-order valence-electron chi connectivity index (χ4n) is 4.00. The van der Waals surface area contributed by atoms with E-state index < -0.39 is 0 Å². The van der Waals surface area contributed by atoms with Crippen LogP contribution >= 0.6 is 11.3 Å². The normalized spacial score (nSPS) is 34.4. The molecule has 3 heteroatoms. The average Bonchev–Trinajstić information content (AvgIpc) is 2.80. The maximum absolute atomic E-state index is 6.20. The number of nitrogens with zero attached hydrogens (tertiary/aromatic N) is 1. The molecule has 1 aromatic heterocycles. The van der Waals surface area contributed by atoms with E-state index >= 15 is 0 Å². The summed E-state index contributed by atoms with van der Waals surface area (Å²) in [4.78, 5) is 4.32. The van der Waals surface area contributed by atoms with E-state index in [2.05, 4.69) is 29.3 Å². The minimum Gasteiger partial charge on any atom is -0.328 e. The Balaban J connectivity index is 1.70. The van der Waals surface area contributed by atoms with Crippen LogP contribution in [0.1, 0.15) is 43.9 Å². The second-order valence-corrected chi connectivity index (χ2v) is 7.08. The van der Waals surface area contributed by atoms with Gasteiger partial charge in [0.05, 0.1) is 0 Å². The van der Waals surface area contributed by atoms with Gasteiger partial charge >= 0.3 is 0 Å². The molecule has 100 valence electrons. The highest BCUT2D eigenvalue weighted by Gasteiger charge is 2.39. The maximum Gasteiger partial charge on any atom is 0.0121 e. The van der Waals surface area contributed by atoms with E-state index in [0.29, 0.717) is 12.1 Å². The molecule has 0 aromatic carbocycles. The van der Waals surface area contributed by atoms with Crippen molar-refractivity contribution in [2.24, 2.45) is 5.73 Å². The summed E-state index contributed by atoms with van der Waals surface area (Å²) in [6, 6.07) is 7.06. The second-order valence-electron chi connectivity index (χ2n) is 6.05. The first-order chi connectivity index (χ1) is 8.74. The lowest BCUT2D eigenvalue weighted by Gasteiger charge is -2.51. The first-order valence-electron chi connectivity index (χ1n) is 7.29. The molecule has 2 aliphatic rings. The maximum atomic E-state index is 6.20. The molecule has 0 spiro atoms. The molecule has 0 saturated carbocycles. The summed E-state index contributed by atoms with van der Waals surface area (Å²) in [6.45, 7) is 2.40. The third-order valence-corrected chi connectivity index (χ3v) is 5.55. The Kier molecular flexibility index (Phi) is 3.73. The summed E-state index contributed by atoms with van der Waals surface area (Å²) in [5.41, 5.74) is 6.20. The Hall–Kier alpha value is -0.380. The molecule has 3 atom stereocenters. The van der Waals surface area contributed by atoms with Crippen LogP contribution < -0.4 is 5.73 Å². The minimum absolute atomic E-state index is 0.450. The van der Waals surface area contributed by atoms with E-state index in [0.717, 1.165) is 12.1 Å². The van der Waals surface area contributed by atoms with Crippen molar-refractivity contribution in [3.05, 3.63) is 22.4 Å². The SMILES string of the molecule is CC(Cc1cccs1)N1C2CCCC1CC(N)C2. The third-order valence-electron chi connectivity index (χ3n) is 4.65. The van der Waals surface area contributed by atoms with Gasteiger partial charge in [-0.15, -0.1) is 11.3 Å². The van der Waals surface area contributed by atoms with Crippen LogP contribution in [-0.2, 0) is 6.42 Å². The van der Waals surface area contributed by atoms with Gasteiger partial charge in [0.2, 0.25) is 0 Å². The number of thiophene rings is 1. The number of fused-ring (bicyclic) bond motifs is 2. The molecule has 0 amide bonds. The van der Waals surface area contributed by atoms with Crippen LogP contribution in [-0.4, -0.2) is 29.1 Å². The first-order valence-corrected chi connectivity index (χ1v) is 8.17. The van der Waals surface area contributed by atoms with Gasteiger partial charge in [-0.25, -0.2) is 0 Å². The fourth-order valence-corrected chi connectivity index (χ4v) is 4.83. The predicted molar refractivity (Wildman–Crippen MR) is 78.0 cm³/mol. The monoisotopic (exact) mass is 264 g/mol. The quantitative estimate of drug-likeness (QED) is 0.909. The minimum atomic E-state index is 0.450. The average molecular weight is 264 g/mol. The smallest absolute Gasteiger partial charge is 0.0121 e. The van der Waals surface area contributed by atoms with Crippen LogP contribution in [0.15, 0.2) is 17.5 Å². The molecule has 3 heterocycles. The topological polar surface area (TPSA) is 29.3 Å². The lowest BCUT2D eigenvalue weighted by molar-refractivity contribution is 0.000816. The van der Waals surface area contributed by atoms with E-state index in [4.69, 9.17) is 5.73 Å². The molecular weight excluding hydrogens is 240 g/mol. The number of rotatable bonds is 3. The van der Waals surface area contributed by atoms with Crippen LogP contribution in [0.25, 0.3) is 0 Å². The van der Waals surface area contributed by atoms with Gasteiger partial charge in [0, 0.05) is 29.0 Å². The summed E-state index contributed by atoms with van der Waals surface area (Å²) in [5, 5.41) is 2.19. The molecular formula is C15H24N2S. The Bertz CT molecular complexity index is 362.